The van der Waals surface area contributed by atoms with Crippen LogP contribution in [0.2, 0.25) is 0 Å². The van der Waals surface area contributed by atoms with Crippen LogP contribution in [0.15, 0.2) is 78.9 Å². The highest BCUT2D eigenvalue weighted by atomic mass is 15.2. The summed E-state index contributed by atoms with van der Waals surface area (Å²) in [5, 5.41) is 0. The molecule has 4 heterocycles. The largest absolute Gasteiger partial charge is 0.313 e. The first kappa shape index (κ1) is 18.8. The van der Waals surface area contributed by atoms with Gasteiger partial charge in [-0.25, -0.2) is 9.97 Å². The molecule has 0 spiro atoms. The molecule has 0 fully saturated rings. The topological polar surface area (TPSA) is 44.5 Å². The second-order valence-corrected chi connectivity index (χ2v) is 9.50. The van der Waals surface area contributed by atoms with E-state index in [1.807, 2.05) is 6.07 Å². The van der Waals surface area contributed by atoms with Crippen LogP contribution in [0.3, 0.4) is 0 Å². The third kappa shape index (κ3) is 2.33. The maximum Gasteiger partial charge on any atom is 0.215 e. The van der Waals surface area contributed by atoms with Crippen molar-refractivity contribution < 1.29 is 0 Å². The molecule has 6 heteroatoms. The molecule has 0 bridgehead atoms. The van der Waals surface area contributed by atoms with Crippen LogP contribution in [0.25, 0.3) is 66.8 Å². The van der Waals surface area contributed by atoms with E-state index < -0.39 is 0 Å². The smallest absolute Gasteiger partial charge is 0.215 e. The lowest BCUT2D eigenvalue weighted by molar-refractivity contribution is 0.973. The number of nitrogens with zero attached hydrogens (tertiary/aromatic N) is 6. The molecule has 0 atom stereocenters. The van der Waals surface area contributed by atoms with Crippen molar-refractivity contribution in [2.75, 3.05) is 0 Å². The van der Waals surface area contributed by atoms with Crippen molar-refractivity contribution in [3.63, 3.8) is 0 Å². The van der Waals surface area contributed by atoms with Crippen LogP contribution in [-0.4, -0.2) is 27.9 Å². The van der Waals surface area contributed by atoms with Gasteiger partial charge in [0.1, 0.15) is 0 Å². The fourth-order valence-corrected chi connectivity index (χ4v) is 5.66. The van der Waals surface area contributed by atoms with Gasteiger partial charge in [0.15, 0.2) is 0 Å². The Labute approximate surface area is 200 Å². The Bertz CT molecular complexity index is 2150. The van der Waals surface area contributed by atoms with E-state index in [0.717, 1.165) is 50.2 Å². The van der Waals surface area contributed by atoms with E-state index in [9.17, 15) is 0 Å². The quantitative estimate of drug-likeness (QED) is 0.294. The van der Waals surface area contributed by atoms with Gasteiger partial charge < -0.3 is 9.13 Å². The SMILES string of the molecule is Cc1ccc2c(c1)n1c3ccc(-c4ccc5c(c4)n(C)c4nc6ccccc6n54)cc3nc1n2C. The molecule has 0 aliphatic heterocycles. The number of aromatic nitrogens is 6. The van der Waals surface area contributed by atoms with Crippen molar-refractivity contribution in [1.29, 1.82) is 0 Å². The number of benzene rings is 4. The number of aryl methyl sites for hydroxylation is 3. The van der Waals surface area contributed by atoms with E-state index in [2.05, 4.69) is 112 Å². The molecule has 4 aromatic carbocycles. The normalized spacial score (nSPS) is 12.4. The number of hydrogen-bond acceptors (Lipinski definition) is 2. The number of hydrogen-bond donors (Lipinski definition) is 0. The lowest BCUT2D eigenvalue weighted by Gasteiger charge is -2.04. The Hall–Kier alpha value is -4.58. The minimum Gasteiger partial charge on any atom is -0.313 e. The summed E-state index contributed by atoms with van der Waals surface area (Å²) in [7, 11) is 4.18. The second kappa shape index (κ2) is 6.30. The van der Waals surface area contributed by atoms with Crippen LogP contribution >= 0.6 is 0 Å². The summed E-state index contributed by atoms with van der Waals surface area (Å²) in [4.78, 5) is 9.88. The molecular formula is C29H22N6. The Kier molecular flexibility index (Phi) is 3.38. The van der Waals surface area contributed by atoms with Crippen molar-refractivity contribution in [3.8, 4) is 11.1 Å². The van der Waals surface area contributed by atoms with Crippen LogP contribution in [-0.2, 0) is 14.1 Å². The fraction of sp³-hybridized carbons (Fsp3) is 0.103. The van der Waals surface area contributed by atoms with Gasteiger partial charge in [0.25, 0.3) is 0 Å². The number of rotatable bonds is 1. The summed E-state index contributed by atoms with van der Waals surface area (Å²) in [6.07, 6.45) is 0. The maximum absolute atomic E-state index is 5.01. The summed E-state index contributed by atoms with van der Waals surface area (Å²) in [6.45, 7) is 2.13. The van der Waals surface area contributed by atoms with Crippen LogP contribution in [0.1, 0.15) is 5.56 Å². The van der Waals surface area contributed by atoms with E-state index in [0.29, 0.717) is 0 Å². The molecule has 0 saturated carbocycles. The minimum absolute atomic E-state index is 0.955. The zero-order valence-corrected chi connectivity index (χ0v) is 19.7. The highest BCUT2D eigenvalue weighted by Crippen LogP contribution is 2.32. The van der Waals surface area contributed by atoms with E-state index in [-0.39, 0.29) is 0 Å². The maximum atomic E-state index is 5.01. The van der Waals surface area contributed by atoms with Crippen molar-refractivity contribution in [2.45, 2.75) is 6.92 Å². The van der Waals surface area contributed by atoms with Gasteiger partial charge in [-0.2, -0.15) is 0 Å². The molecule has 4 aromatic heterocycles. The van der Waals surface area contributed by atoms with Gasteiger partial charge in [0.2, 0.25) is 11.6 Å². The molecule has 6 nitrogen and oxygen atoms in total. The van der Waals surface area contributed by atoms with Crippen molar-refractivity contribution in [1.82, 2.24) is 27.9 Å². The third-order valence-electron chi connectivity index (χ3n) is 7.42. The standard InChI is InChI=1S/C29H22N6/c1-17-8-11-24-27(14-17)35-23-12-9-18(15-21(23)31-29(35)32(24)2)19-10-13-25-26(16-19)33(3)28-30-20-6-4-5-7-22(20)34(25)28/h4-16H,1-3H3. The van der Waals surface area contributed by atoms with Crippen molar-refractivity contribution in [2.24, 2.45) is 14.1 Å². The summed E-state index contributed by atoms with van der Waals surface area (Å²) in [5.74, 6) is 1.92. The lowest BCUT2D eigenvalue weighted by Crippen LogP contribution is -1.89. The van der Waals surface area contributed by atoms with E-state index >= 15 is 0 Å². The summed E-state index contributed by atoms with van der Waals surface area (Å²) in [6, 6.07) is 28.1. The Morgan fingerprint density at radius 3 is 2.00 bits per heavy atom. The zero-order chi connectivity index (χ0) is 23.4. The highest BCUT2D eigenvalue weighted by Gasteiger charge is 2.17. The summed E-state index contributed by atoms with van der Waals surface area (Å²) >= 11 is 0. The molecule has 8 rings (SSSR count). The van der Waals surface area contributed by atoms with Crippen LogP contribution < -0.4 is 0 Å². The van der Waals surface area contributed by atoms with Gasteiger partial charge in [-0.15, -0.1) is 0 Å². The predicted octanol–water partition coefficient (Wildman–Crippen LogP) is 6.25. The van der Waals surface area contributed by atoms with Crippen molar-refractivity contribution >= 4 is 55.7 Å². The van der Waals surface area contributed by atoms with Crippen LogP contribution in [0.5, 0.6) is 0 Å². The fourth-order valence-electron chi connectivity index (χ4n) is 5.66. The van der Waals surface area contributed by atoms with Gasteiger partial charge in [-0.3, -0.25) is 8.80 Å². The zero-order valence-electron chi connectivity index (χ0n) is 19.7. The molecule has 0 aliphatic rings. The van der Waals surface area contributed by atoms with Gasteiger partial charge in [-0.1, -0.05) is 30.3 Å². The average molecular weight is 455 g/mol. The lowest BCUT2D eigenvalue weighted by atomic mass is 10.0. The van der Waals surface area contributed by atoms with Gasteiger partial charge in [-0.05, 0) is 72.1 Å². The number of para-hydroxylation sites is 2. The van der Waals surface area contributed by atoms with Crippen LogP contribution in [0, 0.1) is 6.92 Å². The molecule has 0 unspecified atom stereocenters. The Morgan fingerprint density at radius 2 is 1.14 bits per heavy atom. The first-order valence-electron chi connectivity index (χ1n) is 11.8. The van der Waals surface area contributed by atoms with Gasteiger partial charge >= 0.3 is 0 Å². The number of imidazole rings is 4. The number of fused-ring (bicyclic) bond motifs is 10. The summed E-state index contributed by atoms with van der Waals surface area (Å²) in [5.41, 5.74) is 12.6. The molecule has 8 aromatic rings. The molecular weight excluding hydrogens is 432 g/mol. The Balaban J connectivity index is 1.34. The van der Waals surface area contributed by atoms with Crippen LogP contribution in [0.4, 0.5) is 0 Å². The predicted molar refractivity (Wildman–Crippen MR) is 142 cm³/mol. The van der Waals surface area contributed by atoms with E-state index in [1.54, 1.807) is 0 Å². The highest BCUT2D eigenvalue weighted by molar-refractivity contribution is 5.95. The van der Waals surface area contributed by atoms with E-state index in [1.165, 1.54) is 22.2 Å². The molecule has 0 amide bonds. The first-order chi connectivity index (χ1) is 17.1. The average Bonchev–Trinajstić information content (AvgIpc) is 3.58. The minimum atomic E-state index is 0.955. The Morgan fingerprint density at radius 1 is 0.514 bits per heavy atom. The van der Waals surface area contributed by atoms with Crippen molar-refractivity contribution in [3.05, 3.63) is 84.4 Å². The molecule has 0 N–H and O–H groups in total. The summed E-state index contributed by atoms with van der Waals surface area (Å²) < 4.78 is 8.86. The monoisotopic (exact) mass is 454 g/mol. The molecule has 35 heavy (non-hydrogen) atoms. The van der Waals surface area contributed by atoms with Gasteiger partial charge in [0, 0.05) is 14.1 Å². The first-order valence-corrected chi connectivity index (χ1v) is 11.8. The molecule has 0 radical (unpaired) electrons. The molecule has 0 saturated heterocycles. The molecule has 168 valence electrons. The van der Waals surface area contributed by atoms with Gasteiger partial charge in [0.05, 0.1) is 44.1 Å². The second-order valence-electron chi connectivity index (χ2n) is 9.50. The van der Waals surface area contributed by atoms with E-state index in [4.69, 9.17) is 9.97 Å². The third-order valence-corrected chi connectivity index (χ3v) is 7.42. The molecule has 0 aliphatic carbocycles.